The smallest absolute Gasteiger partial charge is 0.493 e. The maximum atomic E-state index is 12.5. The van der Waals surface area contributed by atoms with Crippen LogP contribution in [0.2, 0.25) is 0 Å². The summed E-state index contributed by atoms with van der Waals surface area (Å²) in [6, 6.07) is 8.65. The molecule has 5 nitrogen and oxygen atoms in total. The molecule has 0 saturated heterocycles. The van der Waals surface area contributed by atoms with Crippen molar-refractivity contribution in [3.63, 3.8) is 0 Å². The average molecular weight is 433 g/mol. The lowest BCUT2D eigenvalue weighted by molar-refractivity contribution is -0.274. The molecule has 0 aliphatic heterocycles. The molecule has 1 amide bonds. The molecule has 0 aliphatic rings. The van der Waals surface area contributed by atoms with E-state index in [1.54, 1.807) is 6.92 Å². The van der Waals surface area contributed by atoms with Crippen molar-refractivity contribution in [3.05, 3.63) is 59.4 Å². The fraction of sp³-hybridized carbons (Fsp3) is 0.261. The molecule has 1 heterocycles. The third-order valence-electron chi connectivity index (χ3n) is 4.70. The Morgan fingerprint density at radius 3 is 2.45 bits per heavy atom. The molecule has 31 heavy (non-hydrogen) atoms. The Morgan fingerprint density at radius 2 is 1.84 bits per heavy atom. The van der Waals surface area contributed by atoms with Crippen LogP contribution in [-0.4, -0.2) is 18.9 Å². The van der Waals surface area contributed by atoms with E-state index in [2.05, 4.69) is 10.1 Å². The van der Waals surface area contributed by atoms with Crippen molar-refractivity contribution in [2.45, 2.75) is 34.1 Å². The van der Waals surface area contributed by atoms with Gasteiger partial charge in [-0.1, -0.05) is 0 Å². The first-order valence-electron chi connectivity index (χ1n) is 9.59. The number of carbonyl (C=O) groups excluding carboxylic acids is 1. The zero-order valence-electron chi connectivity index (χ0n) is 17.5. The molecular weight excluding hydrogens is 411 g/mol. The predicted octanol–water partition coefficient (Wildman–Crippen LogP) is 6.39. The molecule has 0 saturated carbocycles. The van der Waals surface area contributed by atoms with Crippen LogP contribution < -0.4 is 14.8 Å². The number of benzene rings is 2. The molecule has 3 rings (SSSR count). The van der Waals surface area contributed by atoms with Gasteiger partial charge in [-0.05, 0) is 69.2 Å². The van der Waals surface area contributed by atoms with Crippen molar-refractivity contribution in [1.29, 1.82) is 0 Å². The number of nitrogens with one attached hydrogen (secondary N) is 1. The number of fused-ring (bicyclic) bond motifs is 1. The van der Waals surface area contributed by atoms with Crippen LogP contribution in [0.1, 0.15) is 30.7 Å². The number of rotatable bonds is 6. The summed E-state index contributed by atoms with van der Waals surface area (Å²) in [6.07, 6.45) is -3.36. The number of furan rings is 1. The van der Waals surface area contributed by atoms with Gasteiger partial charge in [-0.15, -0.1) is 13.2 Å². The lowest BCUT2D eigenvalue weighted by Crippen LogP contribution is -2.17. The van der Waals surface area contributed by atoms with Gasteiger partial charge in [-0.25, -0.2) is 0 Å². The molecule has 2 aromatic carbocycles. The van der Waals surface area contributed by atoms with E-state index >= 15 is 0 Å². The van der Waals surface area contributed by atoms with E-state index in [1.807, 2.05) is 32.9 Å². The number of carbonyl (C=O) groups is 1. The number of alkyl halides is 3. The van der Waals surface area contributed by atoms with Crippen LogP contribution in [0.15, 0.2) is 46.9 Å². The predicted molar refractivity (Wildman–Crippen MR) is 112 cm³/mol. The van der Waals surface area contributed by atoms with E-state index < -0.39 is 12.3 Å². The molecule has 1 aromatic heterocycles. The van der Waals surface area contributed by atoms with Crippen LogP contribution >= 0.6 is 0 Å². The highest BCUT2D eigenvalue weighted by molar-refractivity contribution is 6.04. The van der Waals surface area contributed by atoms with E-state index in [-0.39, 0.29) is 5.75 Å². The summed E-state index contributed by atoms with van der Waals surface area (Å²) in [4.78, 5) is 12.5. The Kier molecular flexibility index (Phi) is 6.29. The summed E-state index contributed by atoms with van der Waals surface area (Å²) < 4.78 is 52.1. The SMILES string of the molecule is CCOc1cc2oc(C)c(C)c2cc1/C(C)=C/C(=O)Nc1ccc(OC(F)(F)F)cc1. The Hall–Kier alpha value is -3.42. The van der Waals surface area contributed by atoms with E-state index in [1.165, 1.54) is 18.2 Å². The van der Waals surface area contributed by atoms with Crippen molar-refractivity contribution in [2.24, 2.45) is 0 Å². The number of hydrogen-bond donors (Lipinski definition) is 1. The topological polar surface area (TPSA) is 60.7 Å². The summed E-state index contributed by atoms with van der Waals surface area (Å²) in [7, 11) is 0. The summed E-state index contributed by atoms with van der Waals surface area (Å²) >= 11 is 0. The Morgan fingerprint density at radius 1 is 1.16 bits per heavy atom. The molecule has 0 spiro atoms. The number of ether oxygens (including phenoxy) is 2. The van der Waals surface area contributed by atoms with Gasteiger partial charge in [0.25, 0.3) is 0 Å². The van der Waals surface area contributed by atoms with Crippen LogP contribution in [0.5, 0.6) is 11.5 Å². The Balaban J connectivity index is 1.83. The maximum absolute atomic E-state index is 12.5. The summed E-state index contributed by atoms with van der Waals surface area (Å²) in [5.74, 6) is 0.619. The highest BCUT2D eigenvalue weighted by atomic mass is 19.4. The lowest BCUT2D eigenvalue weighted by atomic mass is 10.0. The van der Waals surface area contributed by atoms with Gasteiger partial charge in [0.2, 0.25) is 5.91 Å². The van der Waals surface area contributed by atoms with Gasteiger partial charge in [0, 0.05) is 28.8 Å². The van der Waals surface area contributed by atoms with Crippen molar-refractivity contribution in [1.82, 2.24) is 0 Å². The van der Waals surface area contributed by atoms with Crippen LogP contribution in [0, 0.1) is 13.8 Å². The monoisotopic (exact) mass is 433 g/mol. The summed E-state index contributed by atoms with van der Waals surface area (Å²) in [5.41, 5.74) is 3.48. The van der Waals surface area contributed by atoms with Gasteiger partial charge >= 0.3 is 6.36 Å². The van der Waals surface area contributed by atoms with Crippen LogP contribution in [-0.2, 0) is 4.79 Å². The number of amides is 1. The van der Waals surface area contributed by atoms with Crippen LogP contribution in [0.25, 0.3) is 16.5 Å². The average Bonchev–Trinajstić information content (AvgIpc) is 2.95. The summed E-state index contributed by atoms with van der Waals surface area (Å²) in [5, 5.41) is 3.56. The minimum absolute atomic E-state index is 0.338. The van der Waals surface area contributed by atoms with E-state index in [4.69, 9.17) is 9.15 Å². The molecule has 0 unspecified atom stereocenters. The second-order valence-electron chi connectivity index (χ2n) is 6.95. The molecule has 0 aliphatic carbocycles. The second-order valence-corrected chi connectivity index (χ2v) is 6.95. The van der Waals surface area contributed by atoms with E-state index in [0.717, 1.165) is 34.4 Å². The molecule has 1 N–H and O–H groups in total. The third-order valence-corrected chi connectivity index (χ3v) is 4.70. The highest BCUT2D eigenvalue weighted by Gasteiger charge is 2.30. The van der Waals surface area contributed by atoms with E-state index in [9.17, 15) is 18.0 Å². The molecule has 8 heteroatoms. The molecule has 0 radical (unpaired) electrons. The molecular formula is C23H22F3NO4. The number of halogens is 3. The minimum Gasteiger partial charge on any atom is -0.493 e. The van der Waals surface area contributed by atoms with Crippen LogP contribution in [0.3, 0.4) is 0 Å². The second kappa shape index (κ2) is 8.75. The first-order valence-corrected chi connectivity index (χ1v) is 9.59. The van der Waals surface area contributed by atoms with Crippen molar-refractivity contribution < 1.29 is 31.9 Å². The standard InChI is InChI=1S/C23H22F3NO4/c1-5-29-20-12-21-19(14(3)15(4)30-21)11-18(20)13(2)10-22(28)27-16-6-8-17(9-7-16)31-23(24,25)26/h6-12H,5H2,1-4H3,(H,27,28)/b13-10+. The van der Waals surface area contributed by atoms with Crippen molar-refractivity contribution in [2.75, 3.05) is 11.9 Å². The minimum atomic E-state index is -4.77. The Bertz CT molecular complexity index is 1130. The molecule has 0 atom stereocenters. The number of anilines is 1. The van der Waals surface area contributed by atoms with Crippen LogP contribution in [0.4, 0.5) is 18.9 Å². The fourth-order valence-corrected chi connectivity index (χ4v) is 3.15. The first kappa shape index (κ1) is 22.3. The van der Waals surface area contributed by atoms with Gasteiger partial charge in [0.1, 0.15) is 22.8 Å². The fourth-order valence-electron chi connectivity index (χ4n) is 3.15. The van der Waals surface area contributed by atoms with Gasteiger partial charge in [-0.2, -0.15) is 0 Å². The van der Waals surface area contributed by atoms with Crippen molar-refractivity contribution >= 4 is 28.1 Å². The Labute approximate surface area is 177 Å². The van der Waals surface area contributed by atoms with Gasteiger partial charge in [0.15, 0.2) is 0 Å². The zero-order valence-corrected chi connectivity index (χ0v) is 17.5. The summed E-state index contributed by atoms with van der Waals surface area (Å²) in [6.45, 7) is 7.94. The van der Waals surface area contributed by atoms with Crippen molar-refractivity contribution in [3.8, 4) is 11.5 Å². The zero-order chi connectivity index (χ0) is 22.8. The maximum Gasteiger partial charge on any atom is 0.573 e. The number of aryl methyl sites for hydroxylation is 2. The molecule has 164 valence electrons. The normalized spacial score (nSPS) is 12.2. The third kappa shape index (κ3) is 5.39. The number of allylic oxidation sites excluding steroid dienone is 1. The molecule has 0 fully saturated rings. The largest absolute Gasteiger partial charge is 0.573 e. The van der Waals surface area contributed by atoms with Gasteiger partial charge in [-0.3, -0.25) is 4.79 Å². The van der Waals surface area contributed by atoms with Gasteiger partial charge in [0.05, 0.1) is 6.61 Å². The lowest BCUT2D eigenvalue weighted by Gasteiger charge is -2.12. The molecule has 3 aromatic rings. The van der Waals surface area contributed by atoms with E-state index in [0.29, 0.717) is 29.2 Å². The van der Waals surface area contributed by atoms with Gasteiger partial charge < -0.3 is 19.2 Å². The highest BCUT2D eigenvalue weighted by Crippen LogP contribution is 2.35. The number of hydrogen-bond acceptors (Lipinski definition) is 4. The first-order chi connectivity index (χ1) is 14.6. The quantitative estimate of drug-likeness (QED) is 0.458. The molecule has 0 bridgehead atoms.